The minimum atomic E-state index is 0.588. The largest absolute Gasteiger partial charge is 0.309 e. The normalized spacial score (nSPS) is 11.9. The summed E-state index contributed by atoms with van der Waals surface area (Å²) in [6.45, 7) is 0. The second kappa shape index (κ2) is 13.6. The van der Waals surface area contributed by atoms with E-state index < -0.39 is 0 Å². The van der Waals surface area contributed by atoms with Crippen LogP contribution in [0.4, 0.5) is 0 Å². The van der Waals surface area contributed by atoms with Gasteiger partial charge in [-0.25, -0.2) is 4.98 Å². The van der Waals surface area contributed by atoms with E-state index in [0.717, 1.165) is 44.0 Å². The van der Waals surface area contributed by atoms with Gasteiger partial charge in [-0.15, -0.1) is 0 Å². The van der Waals surface area contributed by atoms with Crippen LogP contribution in [0.1, 0.15) is 0 Å². The zero-order chi connectivity index (χ0) is 40.7. The summed E-state index contributed by atoms with van der Waals surface area (Å²) in [7, 11) is 0. The Labute approximate surface area is 356 Å². The first-order valence-corrected chi connectivity index (χ1v) is 21.0. The van der Waals surface area contributed by atoms with Gasteiger partial charge in [0.05, 0.1) is 22.1 Å². The monoisotopic (exact) mass is 789 g/mol. The van der Waals surface area contributed by atoms with Crippen molar-refractivity contribution >= 4 is 75.9 Å². The summed E-state index contributed by atoms with van der Waals surface area (Å²) in [5.74, 6) is 1.84. The van der Waals surface area contributed by atoms with E-state index in [1.54, 1.807) is 0 Å². The molecular weight excluding hydrogens is 755 g/mol. The quantitative estimate of drug-likeness (QED) is 0.163. The molecule has 3 heterocycles. The van der Waals surface area contributed by atoms with Crippen LogP contribution in [0.3, 0.4) is 0 Å². The van der Waals surface area contributed by atoms with Crippen molar-refractivity contribution < 1.29 is 0 Å². The van der Waals surface area contributed by atoms with Gasteiger partial charge in [0.2, 0.25) is 5.95 Å². The molecule has 0 saturated heterocycles. The first kappa shape index (κ1) is 34.5. The molecule has 0 spiro atoms. The summed E-state index contributed by atoms with van der Waals surface area (Å²) in [6, 6.07) is 75.8. The predicted octanol–water partition coefficient (Wildman–Crippen LogP) is 14.5. The van der Waals surface area contributed by atoms with Crippen LogP contribution in [0.15, 0.2) is 212 Å². The average molecular weight is 790 g/mol. The molecule has 0 aliphatic carbocycles. The number of aromatic nitrogens is 5. The number of hydrogen-bond acceptors (Lipinski definition) is 3. The summed E-state index contributed by atoms with van der Waals surface area (Å²) in [6.07, 6.45) is 0. The van der Waals surface area contributed by atoms with Crippen LogP contribution in [0.25, 0.3) is 121 Å². The number of para-hydroxylation sites is 4. The van der Waals surface area contributed by atoms with E-state index >= 15 is 0 Å². The fourth-order valence-corrected chi connectivity index (χ4v) is 9.73. The molecule has 288 valence electrons. The highest BCUT2D eigenvalue weighted by Crippen LogP contribution is 2.41. The van der Waals surface area contributed by atoms with Crippen molar-refractivity contribution in [2.75, 3.05) is 0 Å². The van der Waals surface area contributed by atoms with E-state index in [2.05, 4.69) is 203 Å². The molecule has 0 unspecified atom stereocenters. The van der Waals surface area contributed by atoms with Crippen molar-refractivity contribution in [3.63, 3.8) is 0 Å². The summed E-state index contributed by atoms with van der Waals surface area (Å²) >= 11 is 0. The van der Waals surface area contributed by atoms with Crippen LogP contribution >= 0.6 is 0 Å². The van der Waals surface area contributed by atoms with E-state index in [0.29, 0.717) is 17.6 Å². The second-order valence-corrected chi connectivity index (χ2v) is 16.0. The molecule has 0 bridgehead atoms. The lowest BCUT2D eigenvalue weighted by atomic mass is 9.91. The minimum absolute atomic E-state index is 0.588. The fourth-order valence-electron chi connectivity index (χ4n) is 9.73. The minimum Gasteiger partial charge on any atom is -0.309 e. The Bertz CT molecular complexity index is 3850. The summed E-state index contributed by atoms with van der Waals surface area (Å²) in [4.78, 5) is 15.6. The summed E-state index contributed by atoms with van der Waals surface area (Å²) < 4.78 is 4.54. The lowest BCUT2D eigenvalue weighted by molar-refractivity contribution is 0.953. The number of nitrogens with zero attached hydrogens (tertiary/aromatic N) is 5. The van der Waals surface area contributed by atoms with Crippen molar-refractivity contribution in [3.05, 3.63) is 212 Å². The van der Waals surface area contributed by atoms with Gasteiger partial charge < -0.3 is 4.57 Å². The Hall–Kier alpha value is -8.41. The molecule has 10 aromatic carbocycles. The van der Waals surface area contributed by atoms with Gasteiger partial charge in [0.15, 0.2) is 11.6 Å². The fraction of sp³-hybridized carbons (Fsp3) is 0. The van der Waals surface area contributed by atoms with Gasteiger partial charge in [-0.1, -0.05) is 158 Å². The molecule has 0 N–H and O–H groups in total. The van der Waals surface area contributed by atoms with Crippen molar-refractivity contribution in [2.24, 2.45) is 0 Å². The van der Waals surface area contributed by atoms with Crippen molar-refractivity contribution in [3.8, 4) is 45.5 Å². The van der Waals surface area contributed by atoms with Crippen LogP contribution in [-0.4, -0.2) is 24.1 Å². The molecular formula is C57H35N5. The van der Waals surface area contributed by atoms with Gasteiger partial charge in [-0.3, -0.25) is 4.57 Å². The number of benzene rings is 10. The highest BCUT2D eigenvalue weighted by molar-refractivity contribution is 6.26. The summed E-state index contributed by atoms with van der Waals surface area (Å²) in [5, 5.41) is 12.0. The standard InChI is InChI=1S/C57H35N5/c1-3-15-36(16-4-1)55-58-56(60-57(59-55)62-52-25-13-9-21-45(52)46-22-10-14-26-53(46)62)39-28-31-44-43-30-27-37(33-48(43)41-19-7-8-20-42(41)49(44)35-39)38-29-32-54-50(34-38)47-23-11-12-24-51(47)61(54)40-17-5-2-6-18-40/h1-35H. The molecule has 0 atom stereocenters. The molecule has 62 heavy (non-hydrogen) atoms. The third-order valence-corrected chi connectivity index (χ3v) is 12.6. The molecule has 0 saturated carbocycles. The Morgan fingerprint density at radius 3 is 1.26 bits per heavy atom. The zero-order valence-corrected chi connectivity index (χ0v) is 33.4. The third-order valence-electron chi connectivity index (χ3n) is 12.6. The van der Waals surface area contributed by atoms with Gasteiger partial charge in [-0.2, -0.15) is 9.97 Å². The van der Waals surface area contributed by atoms with E-state index in [9.17, 15) is 0 Å². The lowest BCUT2D eigenvalue weighted by Crippen LogP contribution is -2.06. The first-order chi connectivity index (χ1) is 30.7. The van der Waals surface area contributed by atoms with Crippen LogP contribution in [0.5, 0.6) is 0 Å². The SMILES string of the molecule is c1ccc(-c2nc(-c3ccc4c5ccc(-c6ccc7c(c6)c6ccccc6n7-c6ccccc6)cc5c5ccccc5c4c3)nc(-n3c4ccccc4c4ccccc43)n2)cc1. The van der Waals surface area contributed by atoms with Crippen LogP contribution in [0, 0.1) is 0 Å². The molecule has 0 fully saturated rings. The maximum absolute atomic E-state index is 5.26. The summed E-state index contributed by atoms with van der Waals surface area (Å²) in [5.41, 5.74) is 9.93. The van der Waals surface area contributed by atoms with E-state index in [-0.39, 0.29) is 0 Å². The van der Waals surface area contributed by atoms with Crippen LogP contribution in [-0.2, 0) is 0 Å². The highest BCUT2D eigenvalue weighted by atomic mass is 15.2. The molecule has 0 amide bonds. The number of fused-ring (bicyclic) bond motifs is 12. The maximum atomic E-state index is 5.26. The van der Waals surface area contributed by atoms with Crippen LogP contribution in [0.2, 0.25) is 0 Å². The van der Waals surface area contributed by atoms with Gasteiger partial charge >= 0.3 is 0 Å². The van der Waals surface area contributed by atoms with Crippen molar-refractivity contribution in [1.29, 1.82) is 0 Å². The second-order valence-electron chi connectivity index (χ2n) is 16.0. The van der Waals surface area contributed by atoms with E-state index in [1.807, 2.05) is 18.2 Å². The number of hydrogen-bond donors (Lipinski definition) is 0. The molecule has 13 aromatic rings. The van der Waals surface area contributed by atoms with Gasteiger partial charge in [-0.05, 0) is 98.0 Å². The molecule has 0 aliphatic rings. The Morgan fingerprint density at radius 2 is 0.645 bits per heavy atom. The molecule has 0 aliphatic heterocycles. The molecule has 3 aromatic heterocycles. The topological polar surface area (TPSA) is 48.5 Å². The predicted molar refractivity (Wildman–Crippen MR) is 257 cm³/mol. The Kier molecular flexibility index (Phi) is 7.54. The maximum Gasteiger partial charge on any atom is 0.238 e. The number of rotatable bonds is 5. The van der Waals surface area contributed by atoms with E-state index in [4.69, 9.17) is 15.0 Å². The molecule has 0 radical (unpaired) electrons. The molecule has 5 heteroatoms. The highest BCUT2D eigenvalue weighted by Gasteiger charge is 2.19. The molecule has 5 nitrogen and oxygen atoms in total. The van der Waals surface area contributed by atoms with Gasteiger partial charge in [0.25, 0.3) is 0 Å². The first-order valence-electron chi connectivity index (χ1n) is 21.0. The van der Waals surface area contributed by atoms with Gasteiger partial charge in [0.1, 0.15) is 0 Å². The van der Waals surface area contributed by atoms with Gasteiger partial charge in [0, 0.05) is 38.4 Å². The van der Waals surface area contributed by atoms with Crippen LogP contribution < -0.4 is 0 Å². The zero-order valence-electron chi connectivity index (χ0n) is 33.4. The Morgan fingerprint density at radius 1 is 0.242 bits per heavy atom. The lowest BCUT2D eigenvalue weighted by Gasteiger charge is -2.14. The van der Waals surface area contributed by atoms with E-state index in [1.165, 1.54) is 59.9 Å². The smallest absolute Gasteiger partial charge is 0.238 e. The van der Waals surface area contributed by atoms with Crippen molar-refractivity contribution in [1.82, 2.24) is 24.1 Å². The molecule has 13 rings (SSSR count). The van der Waals surface area contributed by atoms with Crippen molar-refractivity contribution in [2.45, 2.75) is 0 Å². The average Bonchev–Trinajstić information content (AvgIpc) is 3.87. The third kappa shape index (κ3) is 5.25. The Balaban J connectivity index is 0.986.